The molecule has 0 spiro atoms. The van der Waals surface area contributed by atoms with Crippen molar-refractivity contribution < 1.29 is 9.66 Å². The maximum absolute atomic E-state index is 11.1. The molecule has 0 saturated carbocycles. The van der Waals surface area contributed by atoms with Crippen molar-refractivity contribution in [3.8, 4) is 0 Å². The van der Waals surface area contributed by atoms with Crippen molar-refractivity contribution in [3.05, 3.63) is 38.3 Å². The lowest BCUT2D eigenvalue weighted by atomic mass is 10.0. The van der Waals surface area contributed by atoms with Crippen LogP contribution in [0.15, 0.2) is 22.7 Å². The summed E-state index contributed by atoms with van der Waals surface area (Å²) in [4.78, 5) is 10.7. The predicted molar refractivity (Wildman–Crippen MR) is 83.1 cm³/mol. The van der Waals surface area contributed by atoms with Crippen molar-refractivity contribution in [3.63, 3.8) is 0 Å². The van der Waals surface area contributed by atoms with E-state index >= 15 is 0 Å². The number of ether oxygens (including phenoxy) is 1. The minimum absolute atomic E-state index is 0.172. The van der Waals surface area contributed by atoms with Crippen molar-refractivity contribution in [2.24, 2.45) is 0 Å². The van der Waals surface area contributed by atoms with Gasteiger partial charge in [0.15, 0.2) is 0 Å². The van der Waals surface area contributed by atoms with Gasteiger partial charge in [-0.25, -0.2) is 0 Å². The normalized spacial score (nSPS) is 12.3. The van der Waals surface area contributed by atoms with E-state index in [2.05, 4.69) is 28.2 Å². The third kappa shape index (κ3) is 5.56. The monoisotopic (exact) mass is 344 g/mol. The minimum Gasteiger partial charge on any atom is -0.383 e. The van der Waals surface area contributed by atoms with Crippen molar-refractivity contribution in [2.45, 2.75) is 32.2 Å². The van der Waals surface area contributed by atoms with Crippen molar-refractivity contribution in [1.82, 2.24) is 5.32 Å². The lowest BCUT2D eigenvalue weighted by molar-refractivity contribution is -0.385. The van der Waals surface area contributed by atoms with E-state index in [0.717, 1.165) is 29.4 Å². The second kappa shape index (κ2) is 9.05. The van der Waals surface area contributed by atoms with Crippen LogP contribution in [0.1, 0.15) is 25.3 Å². The number of nitro benzene ring substituents is 1. The fraction of sp³-hybridized carbons (Fsp3) is 0.571. The van der Waals surface area contributed by atoms with Gasteiger partial charge in [-0.15, -0.1) is 0 Å². The summed E-state index contributed by atoms with van der Waals surface area (Å²) in [5.41, 5.74) is 0.934. The summed E-state index contributed by atoms with van der Waals surface area (Å²) in [5, 5.41) is 14.5. The first kappa shape index (κ1) is 17.1. The van der Waals surface area contributed by atoms with Gasteiger partial charge in [-0.1, -0.05) is 28.9 Å². The highest BCUT2D eigenvalue weighted by Gasteiger charge is 2.16. The maximum atomic E-state index is 11.1. The van der Waals surface area contributed by atoms with Crippen LogP contribution < -0.4 is 5.32 Å². The summed E-state index contributed by atoms with van der Waals surface area (Å²) in [5.74, 6) is 0. The number of benzene rings is 1. The Hall–Kier alpha value is -0.980. The number of nitrogens with one attached hydrogen (secondary N) is 1. The Morgan fingerprint density at radius 3 is 2.85 bits per heavy atom. The summed E-state index contributed by atoms with van der Waals surface area (Å²) in [6.45, 7) is 3.65. The first-order valence-electron chi connectivity index (χ1n) is 6.73. The van der Waals surface area contributed by atoms with Crippen LogP contribution >= 0.6 is 15.9 Å². The van der Waals surface area contributed by atoms with Crippen LogP contribution in [-0.2, 0) is 11.2 Å². The highest BCUT2D eigenvalue weighted by molar-refractivity contribution is 9.10. The molecule has 0 fully saturated rings. The van der Waals surface area contributed by atoms with Gasteiger partial charge >= 0.3 is 0 Å². The van der Waals surface area contributed by atoms with Gasteiger partial charge in [0, 0.05) is 29.3 Å². The summed E-state index contributed by atoms with van der Waals surface area (Å²) in [6, 6.07) is 5.43. The van der Waals surface area contributed by atoms with Crippen LogP contribution in [0.3, 0.4) is 0 Å². The number of nitrogens with zero attached hydrogens (tertiary/aromatic N) is 1. The fourth-order valence-electron chi connectivity index (χ4n) is 2.04. The number of hydrogen-bond acceptors (Lipinski definition) is 4. The van der Waals surface area contributed by atoms with Crippen LogP contribution in [0.4, 0.5) is 5.69 Å². The molecule has 0 amide bonds. The Morgan fingerprint density at radius 2 is 2.25 bits per heavy atom. The minimum atomic E-state index is -0.328. The van der Waals surface area contributed by atoms with Crippen LogP contribution in [0.2, 0.25) is 0 Å². The Kier molecular flexibility index (Phi) is 7.72. The molecule has 0 aliphatic carbocycles. The molecule has 20 heavy (non-hydrogen) atoms. The SMILES string of the molecule is CCCNC(CCc1ccc(Br)cc1[N+](=O)[O-])COC. The molecule has 5 nitrogen and oxygen atoms in total. The molecule has 0 aromatic heterocycles. The van der Waals surface area contributed by atoms with Gasteiger partial charge in [-0.2, -0.15) is 0 Å². The number of halogens is 1. The molecule has 1 aromatic carbocycles. The Balaban J connectivity index is 2.69. The molecule has 0 bridgehead atoms. The molecule has 1 rings (SSSR count). The number of rotatable bonds is 9. The highest BCUT2D eigenvalue weighted by atomic mass is 79.9. The van der Waals surface area contributed by atoms with E-state index in [4.69, 9.17) is 4.74 Å². The van der Waals surface area contributed by atoms with Crippen molar-refractivity contribution in [2.75, 3.05) is 20.3 Å². The second-order valence-electron chi connectivity index (χ2n) is 4.68. The van der Waals surface area contributed by atoms with E-state index in [9.17, 15) is 10.1 Å². The van der Waals surface area contributed by atoms with Gasteiger partial charge in [0.25, 0.3) is 5.69 Å². The third-order valence-corrected chi connectivity index (χ3v) is 3.55. The van der Waals surface area contributed by atoms with E-state index in [0.29, 0.717) is 13.0 Å². The van der Waals surface area contributed by atoms with E-state index in [1.807, 2.05) is 12.1 Å². The summed E-state index contributed by atoms with van der Waals surface area (Å²) >= 11 is 3.27. The summed E-state index contributed by atoms with van der Waals surface area (Å²) in [6.07, 6.45) is 2.53. The topological polar surface area (TPSA) is 64.4 Å². The summed E-state index contributed by atoms with van der Waals surface area (Å²) < 4.78 is 5.91. The molecule has 1 aromatic rings. The lowest BCUT2D eigenvalue weighted by Gasteiger charge is -2.17. The molecule has 0 aliphatic heterocycles. The van der Waals surface area contributed by atoms with E-state index in [1.165, 1.54) is 0 Å². The Labute approximate surface area is 128 Å². The number of methoxy groups -OCH3 is 1. The van der Waals surface area contributed by atoms with Gasteiger partial charge < -0.3 is 10.1 Å². The van der Waals surface area contributed by atoms with Crippen LogP contribution in [0, 0.1) is 10.1 Å². The Morgan fingerprint density at radius 1 is 1.50 bits per heavy atom. The smallest absolute Gasteiger partial charge is 0.273 e. The zero-order valence-corrected chi connectivity index (χ0v) is 13.5. The quantitative estimate of drug-likeness (QED) is 0.551. The third-order valence-electron chi connectivity index (χ3n) is 3.06. The summed E-state index contributed by atoms with van der Waals surface area (Å²) in [7, 11) is 1.67. The lowest BCUT2D eigenvalue weighted by Crippen LogP contribution is -2.34. The first-order chi connectivity index (χ1) is 9.58. The van der Waals surface area contributed by atoms with E-state index < -0.39 is 0 Å². The van der Waals surface area contributed by atoms with Crippen LogP contribution in [0.5, 0.6) is 0 Å². The highest BCUT2D eigenvalue weighted by Crippen LogP contribution is 2.24. The largest absolute Gasteiger partial charge is 0.383 e. The number of hydrogen-bond donors (Lipinski definition) is 1. The van der Waals surface area contributed by atoms with E-state index in [-0.39, 0.29) is 16.7 Å². The first-order valence-corrected chi connectivity index (χ1v) is 7.53. The van der Waals surface area contributed by atoms with Crippen molar-refractivity contribution >= 4 is 21.6 Å². The van der Waals surface area contributed by atoms with Gasteiger partial charge in [0.05, 0.1) is 11.5 Å². The number of nitro groups is 1. The zero-order valence-electron chi connectivity index (χ0n) is 11.9. The molecule has 0 heterocycles. The maximum Gasteiger partial charge on any atom is 0.273 e. The zero-order chi connectivity index (χ0) is 15.0. The molecule has 1 unspecified atom stereocenters. The molecule has 0 aliphatic rings. The molecule has 1 N–H and O–H groups in total. The average Bonchev–Trinajstić information content (AvgIpc) is 2.42. The van der Waals surface area contributed by atoms with Crippen molar-refractivity contribution in [1.29, 1.82) is 0 Å². The van der Waals surface area contributed by atoms with Crippen LogP contribution in [-0.4, -0.2) is 31.2 Å². The molecule has 0 saturated heterocycles. The van der Waals surface area contributed by atoms with Gasteiger partial charge in [0.2, 0.25) is 0 Å². The van der Waals surface area contributed by atoms with Gasteiger partial charge in [0.1, 0.15) is 0 Å². The van der Waals surface area contributed by atoms with E-state index in [1.54, 1.807) is 13.2 Å². The molecule has 6 heteroatoms. The van der Waals surface area contributed by atoms with Gasteiger partial charge in [-0.3, -0.25) is 10.1 Å². The molecule has 1 atom stereocenters. The number of aryl methyl sites for hydroxylation is 1. The van der Waals surface area contributed by atoms with Crippen LogP contribution in [0.25, 0.3) is 0 Å². The fourth-order valence-corrected chi connectivity index (χ4v) is 2.39. The molecule has 112 valence electrons. The van der Waals surface area contributed by atoms with Gasteiger partial charge in [-0.05, 0) is 31.9 Å². The predicted octanol–water partition coefficient (Wildman–Crippen LogP) is 3.30. The average molecular weight is 345 g/mol. The Bertz CT molecular complexity index is 440. The standard InChI is InChI=1S/C14H21BrN2O3/c1-3-8-16-13(10-20-2)7-5-11-4-6-12(15)9-14(11)17(18)19/h4,6,9,13,16H,3,5,7-8,10H2,1-2H3. The molecular weight excluding hydrogens is 324 g/mol. The molecule has 0 radical (unpaired) electrons. The second-order valence-corrected chi connectivity index (χ2v) is 5.59. The molecular formula is C14H21BrN2O3.